The second-order valence-electron chi connectivity index (χ2n) is 6.53. The van der Waals surface area contributed by atoms with Crippen LogP contribution in [0, 0.1) is 6.92 Å². The lowest BCUT2D eigenvalue weighted by molar-refractivity contribution is 0.0524. The van der Waals surface area contributed by atoms with Gasteiger partial charge in [-0.2, -0.15) is 0 Å². The highest BCUT2D eigenvalue weighted by Crippen LogP contribution is 2.33. The summed E-state index contributed by atoms with van der Waals surface area (Å²) in [6.45, 7) is 4.02. The van der Waals surface area contributed by atoms with Crippen LogP contribution in [0.4, 0.5) is 0 Å². The molecule has 0 N–H and O–H groups in total. The second-order valence-corrected chi connectivity index (χ2v) is 7.88. The van der Waals surface area contributed by atoms with Crippen molar-refractivity contribution in [2.75, 3.05) is 6.61 Å². The highest BCUT2D eigenvalue weighted by Gasteiger charge is 2.21. The van der Waals surface area contributed by atoms with Crippen LogP contribution in [0.1, 0.15) is 28.6 Å². The number of hydrogen-bond donors (Lipinski definition) is 0. The van der Waals surface area contributed by atoms with E-state index >= 15 is 0 Å². The zero-order valence-corrected chi connectivity index (χ0v) is 18.5. The molecule has 0 bridgehead atoms. The van der Waals surface area contributed by atoms with E-state index in [0.717, 1.165) is 16.8 Å². The van der Waals surface area contributed by atoms with E-state index in [1.807, 2.05) is 41.8 Å². The summed E-state index contributed by atoms with van der Waals surface area (Å²) in [5, 5.41) is 10.1. The summed E-state index contributed by atoms with van der Waals surface area (Å²) in [4.78, 5) is 16.2. The summed E-state index contributed by atoms with van der Waals surface area (Å²) in [6, 6.07) is 11.1. The number of esters is 1. The van der Waals surface area contributed by atoms with Gasteiger partial charge in [-0.05, 0) is 49.7 Å². The van der Waals surface area contributed by atoms with Crippen molar-refractivity contribution in [1.29, 1.82) is 0 Å². The summed E-state index contributed by atoms with van der Waals surface area (Å²) >= 11 is 7.80. The van der Waals surface area contributed by atoms with Crippen molar-refractivity contribution in [3.8, 4) is 17.1 Å². The van der Waals surface area contributed by atoms with Crippen LogP contribution in [0.15, 0.2) is 64.6 Å². The van der Waals surface area contributed by atoms with E-state index in [1.54, 1.807) is 25.4 Å². The first-order valence-corrected chi connectivity index (χ1v) is 10.9. The van der Waals surface area contributed by atoms with Crippen molar-refractivity contribution < 1.29 is 13.9 Å². The number of rotatable bonds is 7. The molecule has 0 saturated carbocycles. The van der Waals surface area contributed by atoms with Crippen molar-refractivity contribution in [3.63, 3.8) is 0 Å². The number of aromatic nitrogens is 4. The van der Waals surface area contributed by atoms with Crippen LogP contribution in [0.3, 0.4) is 0 Å². The Balaban J connectivity index is 1.73. The van der Waals surface area contributed by atoms with Crippen molar-refractivity contribution in [2.24, 2.45) is 0 Å². The molecule has 3 aromatic heterocycles. The molecule has 9 heteroatoms. The van der Waals surface area contributed by atoms with Gasteiger partial charge in [0, 0.05) is 23.0 Å². The minimum absolute atomic E-state index is 0.300. The van der Waals surface area contributed by atoms with E-state index in [0.29, 0.717) is 39.7 Å². The Morgan fingerprint density at radius 1 is 1.19 bits per heavy atom. The third kappa shape index (κ3) is 4.35. The van der Waals surface area contributed by atoms with Gasteiger partial charge < -0.3 is 9.15 Å². The average molecular weight is 455 g/mol. The Labute approximate surface area is 188 Å². The van der Waals surface area contributed by atoms with Gasteiger partial charge in [0.25, 0.3) is 0 Å². The molecule has 0 amide bonds. The van der Waals surface area contributed by atoms with Crippen LogP contribution >= 0.6 is 23.4 Å². The van der Waals surface area contributed by atoms with Gasteiger partial charge in [-0.3, -0.25) is 9.55 Å². The van der Waals surface area contributed by atoms with Gasteiger partial charge in [-0.1, -0.05) is 29.4 Å². The van der Waals surface area contributed by atoms with Gasteiger partial charge in [0.05, 0.1) is 24.3 Å². The highest BCUT2D eigenvalue weighted by molar-refractivity contribution is 7.98. The van der Waals surface area contributed by atoms with Gasteiger partial charge in [-0.25, -0.2) is 4.79 Å². The van der Waals surface area contributed by atoms with Gasteiger partial charge >= 0.3 is 5.97 Å². The Bertz CT molecular complexity index is 1210. The fourth-order valence-corrected chi connectivity index (χ4v) is 4.15. The summed E-state index contributed by atoms with van der Waals surface area (Å²) in [6.07, 6.45) is 4.90. The molecule has 0 atom stereocenters. The SMILES string of the molecule is CCOC(=O)c1ccoc1CSc1nnc(-c2ccncc2)n1-c1cccc(Cl)c1C. The molecule has 3 heterocycles. The van der Waals surface area contributed by atoms with E-state index in [4.69, 9.17) is 20.8 Å². The molecule has 0 fully saturated rings. The lowest BCUT2D eigenvalue weighted by Crippen LogP contribution is -2.06. The third-order valence-electron chi connectivity index (χ3n) is 4.63. The highest BCUT2D eigenvalue weighted by atomic mass is 35.5. The van der Waals surface area contributed by atoms with Crippen molar-refractivity contribution in [1.82, 2.24) is 19.7 Å². The van der Waals surface area contributed by atoms with E-state index in [2.05, 4.69) is 15.2 Å². The zero-order valence-electron chi connectivity index (χ0n) is 16.9. The normalized spacial score (nSPS) is 10.9. The number of carbonyl (C=O) groups excluding carboxylic acids is 1. The second kappa shape index (κ2) is 9.36. The smallest absolute Gasteiger partial charge is 0.341 e. The Kier molecular flexibility index (Phi) is 6.39. The van der Waals surface area contributed by atoms with Gasteiger partial charge in [-0.15, -0.1) is 10.2 Å². The number of furan rings is 1. The van der Waals surface area contributed by atoms with Crippen molar-refractivity contribution in [3.05, 3.63) is 77.0 Å². The maximum absolute atomic E-state index is 12.2. The minimum Gasteiger partial charge on any atom is -0.468 e. The van der Waals surface area contributed by atoms with Crippen LogP contribution in [0.2, 0.25) is 5.02 Å². The quantitative estimate of drug-likeness (QED) is 0.275. The summed E-state index contributed by atoms with van der Waals surface area (Å²) in [5.41, 5.74) is 3.07. The summed E-state index contributed by atoms with van der Waals surface area (Å²) < 4.78 is 12.6. The molecule has 0 saturated heterocycles. The number of ether oxygens (including phenoxy) is 1. The molecule has 0 aliphatic rings. The average Bonchev–Trinajstić information content (AvgIpc) is 3.42. The molecule has 0 radical (unpaired) electrons. The molecule has 4 aromatic rings. The Morgan fingerprint density at radius 3 is 2.77 bits per heavy atom. The number of pyridine rings is 1. The maximum atomic E-state index is 12.2. The van der Waals surface area contributed by atoms with E-state index in [9.17, 15) is 4.79 Å². The van der Waals surface area contributed by atoms with Crippen LogP contribution in [0.5, 0.6) is 0 Å². The molecule has 0 spiro atoms. The van der Waals surface area contributed by atoms with Crippen LogP contribution < -0.4 is 0 Å². The molecule has 7 nitrogen and oxygen atoms in total. The number of thioether (sulfide) groups is 1. The number of carbonyl (C=O) groups is 1. The van der Waals surface area contributed by atoms with Crippen LogP contribution in [0.25, 0.3) is 17.1 Å². The maximum Gasteiger partial charge on any atom is 0.341 e. The lowest BCUT2D eigenvalue weighted by atomic mass is 10.2. The largest absolute Gasteiger partial charge is 0.468 e. The number of halogens is 1. The number of hydrogen-bond acceptors (Lipinski definition) is 7. The molecule has 4 rings (SSSR count). The molecule has 1 aromatic carbocycles. The van der Waals surface area contributed by atoms with Gasteiger partial charge in [0.1, 0.15) is 11.3 Å². The molecule has 0 aliphatic carbocycles. The minimum atomic E-state index is -0.406. The molecule has 158 valence electrons. The van der Waals surface area contributed by atoms with Crippen molar-refractivity contribution in [2.45, 2.75) is 24.8 Å². The van der Waals surface area contributed by atoms with Crippen LogP contribution in [-0.4, -0.2) is 32.3 Å². The molecular formula is C22H19ClN4O3S. The fraction of sp³-hybridized carbons (Fsp3) is 0.182. The molecule has 31 heavy (non-hydrogen) atoms. The number of benzene rings is 1. The number of nitrogens with zero attached hydrogens (tertiary/aromatic N) is 4. The molecule has 0 aliphatic heterocycles. The lowest BCUT2D eigenvalue weighted by Gasteiger charge is -2.13. The van der Waals surface area contributed by atoms with Gasteiger partial charge in [0.2, 0.25) is 0 Å². The fourth-order valence-electron chi connectivity index (χ4n) is 3.08. The Morgan fingerprint density at radius 2 is 2.00 bits per heavy atom. The third-order valence-corrected chi connectivity index (χ3v) is 5.96. The standard InChI is InChI=1S/C22H19ClN4O3S/c1-3-29-21(28)16-9-12-30-19(16)13-31-22-26-25-20(15-7-10-24-11-8-15)27(22)18-6-4-5-17(23)14(18)2/h4-12H,3,13H2,1-2H3. The summed E-state index contributed by atoms with van der Waals surface area (Å²) in [7, 11) is 0. The first-order valence-electron chi connectivity index (χ1n) is 9.57. The van der Waals surface area contributed by atoms with E-state index in [1.165, 1.54) is 18.0 Å². The summed E-state index contributed by atoms with van der Waals surface area (Å²) in [5.74, 6) is 1.16. The topological polar surface area (TPSA) is 83.0 Å². The van der Waals surface area contributed by atoms with Crippen LogP contribution in [-0.2, 0) is 10.5 Å². The monoisotopic (exact) mass is 454 g/mol. The Hall–Kier alpha value is -3.10. The first kappa shape index (κ1) is 21.1. The predicted molar refractivity (Wildman–Crippen MR) is 119 cm³/mol. The van der Waals surface area contributed by atoms with E-state index < -0.39 is 5.97 Å². The zero-order chi connectivity index (χ0) is 21.8. The van der Waals surface area contributed by atoms with E-state index in [-0.39, 0.29) is 0 Å². The first-order chi connectivity index (χ1) is 15.1. The predicted octanol–water partition coefficient (Wildman–Crippen LogP) is 5.35. The van der Waals surface area contributed by atoms with Crippen molar-refractivity contribution >= 4 is 29.3 Å². The molecule has 0 unspecified atom stereocenters. The van der Waals surface area contributed by atoms with Gasteiger partial charge in [0.15, 0.2) is 11.0 Å². The molecular weight excluding hydrogens is 436 g/mol.